The molecule has 0 saturated heterocycles. The van der Waals surface area contributed by atoms with Crippen LogP contribution in [0.2, 0.25) is 0 Å². The lowest BCUT2D eigenvalue weighted by molar-refractivity contribution is 0.0877. The average Bonchev–Trinajstić information content (AvgIpc) is 2.52. The van der Waals surface area contributed by atoms with Crippen LogP contribution < -0.4 is 0 Å². The average molecular weight is 294 g/mol. The lowest BCUT2D eigenvalue weighted by atomic mass is 9.82. The number of phenolic OH excluding ortho intramolecular Hbond substituents is 2. The molecule has 0 aromatic heterocycles. The molecular formula is C19H18O3. The summed E-state index contributed by atoms with van der Waals surface area (Å²) in [7, 11) is 0. The molecule has 0 heterocycles. The largest absolute Gasteiger partial charge is 0.508 e. The summed E-state index contributed by atoms with van der Waals surface area (Å²) in [6.07, 6.45) is 6.52. The first-order valence-electron chi connectivity index (χ1n) is 7.23. The van der Waals surface area contributed by atoms with Gasteiger partial charge in [0, 0.05) is 12.0 Å². The molecular weight excluding hydrogens is 276 g/mol. The molecule has 0 radical (unpaired) electrons. The molecule has 0 aliphatic heterocycles. The topological polar surface area (TPSA) is 60.7 Å². The molecule has 112 valence electrons. The van der Waals surface area contributed by atoms with Crippen molar-refractivity contribution in [3.63, 3.8) is 0 Å². The van der Waals surface area contributed by atoms with E-state index in [4.69, 9.17) is 0 Å². The maximum atomic E-state index is 10.9. The highest BCUT2D eigenvalue weighted by atomic mass is 16.3. The molecule has 22 heavy (non-hydrogen) atoms. The quantitative estimate of drug-likeness (QED) is 0.760. The van der Waals surface area contributed by atoms with Gasteiger partial charge in [0.2, 0.25) is 0 Å². The van der Waals surface area contributed by atoms with Crippen LogP contribution in [0, 0.1) is 0 Å². The van der Waals surface area contributed by atoms with Gasteiger partial charge in [0.15, 0.2) is 0 Å². The van der Waals surface area contributed by atoms with Gasteiger partial charge in [-0.15, -0.1) is 0 Å². The Kier molecular flexibility index (Phi) is 3.73. The van der Waals surface area contributed by atoms with Gasteiger partial charge in [-0.05, 0) is 36.3 Å². The Bertz CT molecular complexity index is 732. The maximum absolute atomic E-state index is 10.9. The smallest absolute Gasteiger partial charge is 0.119 e. The molecule has 0 spiro atoms. The highest BCUT2D eigenvalue weighted by Gasteiger charge is 2.29. The summed E-state index contributed by atoms with van der Waals surface area (Å²) < 4.78 is 0. The minimum absolute atomic E-state index is 0.123. The second-order valence-electron chi connectivity index (χ2n) is 5.64. The Morgan fingerprint density at radius 3 is 2.55 bits per heavy atom. The van der Waals surface area contributed by atoms with Gasteiger partial charge in [-0.25, -0.2) is 0 Å². The third-order valence-electron chi connectivity index (χ3n) is 3.95. The van der Waals surface area contributed by atoms with E-state index >= 15 is 0 Å². The van der Waals surface area contributed by atoms with Crippen LogP contribution in [0.3, 0.4) is 0 Å². The summed E-state index contributed by atoms with van der Waals surface area (Å²) in [5.74, 6) is 0.273. The number of rotatable bonds is 3. The van der Waals surface area contributed by atoms with Crippen LogP contribution in [0.5, 0.6) is 11.5 Å². The lowest BCUT2D eigenvalue weighted by Gasteiger charge is -2.29. The number of hydrogen-bond acceptors (Lipinski definition) is 3. The molecule has 3 rings (SSSR count). The summed E-state index contributed by atoms with van der Waals surface area (Å²) in [4.78, 5) is 0. The highest BCUT2D eigenvalue weighted by molar-refractivity contribution is 5.43. The first-order chi connectivity index (χ1) is 10.6. The highest BCUT2D eigenvalue weighted by Crippen LogP contribution is 2.35. The lowest BCUT2D eigenvalue weighted by Crippen LogP contribution is -2.25. The van der Waals surface area contributed by atoms with Crippen molar-refractivity contribution in [3.05, 3.63) is 83.5 Å². The van der Waals surface area contributed by atoms with Crippen LogP contribution in [0.15, 0.2) is 72.3 Å². The molecule has 3 N–H and O–H groups in total. The predicted molar refractivity (Wildman–Crippen MR) is 85.7 cm³/mol. The molecule has 1 aliphatic rings. The molecule has 3 nitrogen and oxygen atoms in total. The van der Waals surface area contributed by atoms with Crippen LogP contribution in [-0.4, -0.2) is 15.3 Å². The summed E-state index contributed by atoms with van der Waals surface area (Å²) in [6.45, 7) is 0. The van der Waals surface area contributed by atoms with Crippen molar-refractivity contribution in [2.75, 3.05) is 0 Å². The van der Waals surface area contributed by atoms with Gasteiger partial charge in [0.25, 0.3) is 0 Å². The molecule has 0 fully saturated rings. The van der Waals surface area contributed by atoms with Crippen molar-refractivity contribution in [1.29, 1.82) is 0 Å². The van der Waals surface area contributed by atoms with Crippen LogP contribution in [-0.2, 0) is 12.0 Å². The normalized spacial score (nSPS) is 20.7. The van der Waals surface area contributed by atoms with E-state index in [0.29, 0.717) is 18.4 Å². The maximum Gasteiger partial charge on any atom is 0.119 e. The summed E-state index contributed by atoms with van der Waals surface area (Å²) in [6, 6.07) is 14.0. The zero-order valence-electron chi connectivity index (χ0n) is 12.1. The predicted octanol–water partition coefficient (Wildman–Crippen LogP) is 3.41. The first-order valence-corrected chi connectivity index (χ1v) is 7.23. The molecule has 0 amide bonds. The fourth-order valence-electron chi connectivity index (χ4n) is 2.81. The number of benzene rings is 2. The fraction of sp³-hybridized carbons (Fsp3) is 0.158. The van der Waals surface area contributed by atoms with Crippen molar-refractivity contribution in [2.24, 2.45) is 0 Å². The van der Waals surface area contributed by atoms with Crippen LogP contribution in [0.1, 0.15) is 17.5 Å². The number of aromatic hydroxyl groups is 2. The molecule has 1 atom stereocenters. The van der Waals surface area contributed by atoms with Crippen molar-refractivity contribution in [3.8, 4) is 11.5 Å². The molecule has 1 unspecified atom stereocenters. The summed E-state index contributed by atoms with van der Waals surface area (Å²) in [5, 5.41) is 30.3. The Morgan fingerprint density at radius 2 is 1.77 bits per heavy atom. The van der Waals surface area contributed by atoms with Gasteiger partial charge >= 0.3 is 0 Å². The van der Waals surface area contributed by atoms with Gasteiger partial charge < -0.3 is 15.3 Å². The van der Waals surface area contributed by atoms with E-state index in [-0.39, 0.29) is 11.5 Å². The summed E-state index contributed by atoms with van der Waals surface area (Å²) in [5.41, 5.74) is 1.46. The van der Waals surface area contributed by atoms with Crippen LogP contribution in [0.25, 0.3) is 0 Å². The second kappa shape index (κ2) is 5.70. The Balaban J connectivity index is 1.84. The number of hydrogen-bond donors (Lipinski definition) is 3. The monoisotopic (exact) mass is 294 g/mol. The zero-order chi connectivity index (χ0) is 15.6. The van der Waals surface area contributed by atoms with E-state index in [9.17, 15) is 15.3 Å². The standard InChI is InChI=1S/C19H18O3/c20-17-8-9-18(21)15(12-17)11-14-5-4-10-19(22,13-14)16-6-2-1-3-7-16/h1-10,12,20-22H,11,13H2. The minimum atomic E-state index is -1.03. The van der Waals surface area contributed by atoms with E-state index in [1.807, 2.05) is 42.5 Å². The number of allylic oxidation sites excluding steroid dienone is 2. The second-order valence-corrected chi connectivity index (χ2v) is 5.64. The first kappa shape index (κ1) is 14.4. The molecule has 1 aliphatic carbocycles. The third kappa shape index (κ3) is 2.90. The van der Waals surface area contributed by atoms with Crippen molar-refractivity contribution in [1.82, 2.24) is 0 Å². The van der Waals surface area contributed by atoms with E-state index < -0.39 is 5.60 Å². The fourth-order valence-corrected chi connectivity index (χ4v) is 2.81. The number of phenols is 2. The van der Waals surface area contributed by atoms with Gasteiger partial charge in [-0.2, -0.15) is 0 Å². The molecule has 3 heteroatoms. The Labute approximate surface area is 129 Å². The van der Waals surface area contributed by atoms with E-state index in [0.717, 1.165) is 11.1 Å². The SMILES string of the molecule is Oc1ccc(O)c(CC2=CC=CC(O)(c3ccccc3)C2)c1. The van der Waals surface area contributed by atoms with Crippen LogP contribution >= 0.6 is 0 Å². The molecule has 2 aromatic rings. The molecule has 0 saturated carbocycles. The summed E-state index contributed by atoms with van der Waals surface area (Å²) >= 11 is 0. The van der Waals surface area contributed by atoms with E-state index in [2.05, 4.69) is 0 Å². The minimum Gasteiger partial charge on any atom is -0.508 e. The van der Waals surface area contributed by atoms with Crippen molar-refractivity contribution in [2.45, 2.75) is 18.4 Å². The van der Waals surface area contributed by atoms with Gasteiger partial charge in [0.1, 0.15) is 17.1 Å². The third-order valence-corrected chi connectivity index (χ3v) is 3.95. The van der Waals surface area contributed by atoms with E-state index in [1.165, 1.54) is 12.1 Å². The zero-order valence-corrected chi connectivity index (χ0v) is 12.1. The Morgan fingerprint density at radius 1 is 1.00 bits per heavy atom. The Hall–Kier alpha value is -2.52. The molecule has 0 bridgehead atoms. The molecule has 2 aromatic carbocycles. The van der Waals surface area contributed by atoms with Gasteiger partial charge in [0.05, 0.1) is 0 Å². The van der Waals surface area contributed by atoms with E-state index in [1.54, 1.807) is 12.1 Å². The van der Waals surface area contributed by atoms with Crippen molar-refractivity contribution < 1.29 is 15.3 Å². The van der Waals surface area contributed by atoms with Gasteiger partial charge in [-0.3, -0.25) is 0 Å². The number of aliphatic hydroxyl groups is 1. The van der Waals surface area contributed by atoms with Crippen LogP contribution in [0.4, 0.5) is 0 Å². The van der Waals surface area contributed by atoms with Crippen molar-refractivity contribution >= 4 is 0 Å². The van der Waals surface area contributed by atoms with Gasteiger partial charge in [-0.1, -0.05) is 48.1 Å².